The third-order valence-electron chi connectivity index (χ3n) is 8.00. The number of unbranched alkanes of at least 4 members (excludes halogenated alkanes) is 1. The third-order valence-corrected chi connectivity index (χ3v) is 8.00. The van der Waals surface area contributed by atoms with Crippen LogP contribution in [0.25, 0.3) is 32.7 Å². The first-order chi connectivity index (χ1) is 23.4. The van der Waals surface area contributed by atoms with Crippen LogP contribution in [-0.2, 0) is 19.1 Å². The molecule has 0 bridgehead atoms. The van der Waals surface area contributed by atoms with E-state index in [4.69, 9.17) is 19.9 Å². The molecule has 2 amide bonds. The van der Waals surface area contributed by atoms with E-state index in [9.17, 15) is 14.4 Å². The number of carbonyl (C=O) groups is 3. The lowest BCUT2D eigenvalue weighted by atomic mass is 9.92. The van der Waals surface area contributed by atoms with Gasteiger partial charge in [0.25, 0.3) is 0 Å². The molecule has 0 fully saturated rings. The van der Waals surface area contributed by atoms with Crippen molar-refractivity contribution in [3.8, 4) is 22.6 Å². The molecule has 0 radical (unpaired) electrons. The lowest BCUT2D eigenvalue weighted by molar-refractivity contribution is -0.145. The van der Waals surface area contributed by atoms with Crippen LogP contribution in [0, 0.1) is 0 Å². The van der Waals surface area contributed by atoms with Gasteiger partial charge in [-0.05, 0) is 72.3 Å². The van der Waals surface area contributed by atoms with Crippen molar-refractivity contribution in [2.24, 2.45) is 5.73 Å². The number of hydrogen-bond donors (Lipinski definition) is 3. The number of esters is 1. The van der Waals surface area contributed by atoms with Crippen molar-refractivity contribution in [2.45, 2.75) is 50.6 Å². The van der Waals surface area contributed by atoms with E-state index in [0.29, 0.717) is 44.6 Å². The molecular weight excluding hydrogens is 606 g/mol. The fourth-order valence-electron chi connectivity index (χ4n) is 5.65. The Morgan fingerprint density at radius 1 is 0.771 bits per heavy atom. The average Bonchev–Trinajstić information content (AvgIpc) is 3.11. The Kier molecular flexibility index (Phi) is 13.6. The van der Waals surface area contributed by atoms with Crippen LogP contribution in [0.4, 0.5) is 0 Å². The maximum absolute atomic E-state index is 13.1. The zero-order valence-electron chi connectivity index (χ0n) is 27.5. The molecule has 0 heterocycles. The summed E-state index contributed by atoms with van der Waals surface area (Å²) in [6, 6.07) is 22.6. The van der Waals surface area contributed by atoms with Crippen LogP contribution < -0.4 is 25.8 Å². The first-order valence-electron chi connectivity index (χ1n) is 16.3. The molecule has 4 aromatic rings. The first kappa shape index (κ1) is 35.7. The van der Waals surface area contributed by atoms with Crippen LogP contribution in [0.5, 0.6) is 11.5 Å². The number of rotatable bonds is 19. The minimum absolute atomic E-state index is 0.138. The van der Waals surface area contributed by atoms with Crippen LogP contribution in [0.1, 0.15) is 38.5 Å². The SMILES string of the molecule is C=CCOc1ccc2ccccc2c1-c1c(OCCCC(=O)N[C@H](CCCCN)C(=O)N[C@H](CC=C)C(=O)OC)ccc2ccccc12. The summed E-state index contributed by atoms with van der Waals surface area (Å²) in [4.78, 5) is 38.3. The second kappa shape index (κ2) is 18.3. The molecule has 48 heavy (non-hydrogen) atoms. The lowest BCUT2D eigenvalue weighted by Gasteiger charge is -2.22. The third kappa shape index (κ3) is 9.23. The van der Waals surface area contributed by atoms with Crippen LogP contribution in [0.3, 0.4) is 0 Å². The summed E-state index contributed by atoms with van der Waals surface area (Å²) in [5, 5.41) is 9.70. The van der Waals surface area contributed by atoms with E-state index in [0.717, 1.165) is 38.4 Å². The van der Waals surface area contributed by atoms with E-state index in [1.807, 2.05) is 48.5 Å². The van der Waals surface area contributed by atoms with Crippen molar-refractivity contribution in [3.63, 3.8) is 0 Å². The van der Waals surface area contributed by atoms with Gasteiger partial charge in [0.1, 0.15) is 30.2 Å². The molecule has 2 atom stereocenters. The van der Waals surface area contributed by atoms with Crippen molar-refractivity contribution >= 4 is 39.3 Å². The number of benzene rings is 4. The van der Waals surface area contributed by atoms with E-state index in [1.165, 1.54) is 13.2 Å². The lowest BCUT2D eigenvalue weighted by Crippen LogP contribution is -2.51. The van der Waals surface area contributed by atoms with Gasteiger partial charge in [0, 0.05) is 17.5 Å². The number of nitrogens with one attached hydrogen (secondary N) is 2. The van der Waals surface area contributed by atoms with Gasteiger partial charge in [-0.3, -0.25) is 9.59 Å². The minimum Gasteiger partial charge on any atom is -0.493 e. The Bertz CT molecular complexity index is 1740. The van der Waals surface area contributed by atoms with Crippen molar-refractivity contribution in [3.05, 3.63) is 98.1 Å². The normalized spacial score (nSPS) is 12.1. The summed E-state index contributed by atoms with van der Waals surface area (Å²) in [6.45, 7) is 8.55. The number of hydrogen-bond acceptors (Lipinski definition) is 7. The Morgan fingerprint density at radius 3 is 1.98 bits per heavy atom. The van der Waals surface area contributed by atoms with Gasteiger partial charge in [-0.1, -0.05) is 79.4 Å². The van der Waals surface area contributed by atoms with Crippen molar-refractivity contribution in [1.29, 1.82) is 0 Å². The monoisotopic (exact) mass is 651 g/mol. The highest BCUT2D eigenvalue weighted by Crippen LogP contribution is 2.45. The maximum atomic E-state index is 13.1. The molecule has 4 rings (SSSR count). The van der Waals surface area contributed by atoms with Crippen molar-refractivity contribution in [1.82, 2.24) is 10.6 Å². The molecule has 9 nitrogen and oxygen atoms in total. The molecular formula is C39H45N3O6. The van der Waals surface area contributed by atoms with Gasteiger partial charge in [0.15, 0.2) is 0 Å². The second-order valence-electron chi connectivity index (χ2n) is 11.4. The van der Waals surface area contributed by atoms with E-state index in [2.05, 4.69) is 48.1 Å². The summed E-state index contributed by atoms with van der Waals surface area (Å²) in [7, 11) is 1.26. The van der Waals surface area contributed by atoms with Gasteiger partial charge in [0.2, 0.25) is 11.8 Å². The smallest absolute Gasteiger partial charge is 0.328 e. The molecule has 0 aromatic heterocycles. The Labute approximate surface area is 282 Å². The molecule has 252 valence electrons. The fraction of sp³-hybridized carbons (Fsp3) is 0.308. The molecule has 0 aliphatic heterocycles. The van der Waals surface area contributed by atoms with Gasteiger partial charge >= 0.3 is 5.97 Å². The molecule has 0 aliphatic rings. The summed E-state index contributed by atoms with van der Waals surface area (Å²) in [5.74, 6) is 0.0556. The van der Waals surface area contributed by atoms with Gasteiger partial charge < -0.3 is 30.6 Å². The number of methoxy groups -OCH3 is 1. The molecule has 4 N–H and O–H groups in total. The molecule has 0 saturated heterocycles. The number of nitrogens with two attached hydrogens (primary N) is 1. The summed E-state index contributed by atoms with van der Waals surface area (Å²) < 4.78 is 17.4. The number of fused-ring (bicyclic) bond motifs is 2. The van der Waals surface area contributed by atoms with E-state index in [1.54, 1.807) is 6.08 Å². The van der Waals surface area contributed by atoms with Crippen molar-refractivity contribution < 1.29 is 28.6 Å². The van der Waals surface area contributed by atoms with Crippen LogP contribution in [-0.4, -0.2) is 56.7 Å². The van der Waals surface area contributed by atoms with Crippen LogP contribution in [0.2, 0.25) is 0 Å². The maximum Gasteiger partial charge on any atom is 0.328 e. The summed E-state index contributed by atoms with van der Waals surface area (Å²) >= 11 is 0. The zero-order chi connectivity index (χ0) is 34.3. The van der Waals surface area contributed by atoms with Gasteiger partial charge in [-0.25, -0.2) is 4.79 Å². The van der Waals surface area contributed by atoms with Crippen LogP contribution >= 0.6 is 0 Å². The van der Waals surface area contributed by atoms with Gasteiger partial charge in [-0.15, -0.1) is 6.58 Å². The highest BCUT2D eigenvalue weighted by molar-refractivity contribution is 6.09. The fourth-order valence-corrected chi connectivity index (χ4v) is 5.65. The van der Waals surface area contributed by atoms with E-state index < -0.39 is 24.0 Å². The minimum atomic E-state index is -0.886. The number of carbonyl (C=O) groups excluding carboxylic acids is 3. The predicted octanol–water partition coefficient (Wildman–Crippen LogP) is 6.23. The standard InChI is InChI=1S/C39H45N3O6/c1-4-13-32(39(45)46-3)42-38(44)31(18-10-11-24-40)41-35(43)19-12-26-48-34-23-21-28-15-7-9-17-30(28)37(34)36-29-16-8-6-14-27(29)20-22-33(36)47-25-5-2/h4-9,14-17,20-23,31-32H,1-2,10-13,18-19,24-26,40H2,3H3,(H,41,43)(H,42,44)/t31-,32-/m1/s1. The first-order valence-corrected chi connectivity index (χ1v) is 16.3. The van der Waals surface area contributed by atoms with Gasteiger partial charge in [-0.2, -0.15) is 0 Å². The highest BCUT2D eigenvalue weighted by Gasteiger charge is 2.26. The molecule has 0 unspecified atom stereocenters. The Morgan fingerprint density at radius 2 is 1.40 bits per heavy atom. The predicted molar refractivity (Wildman–Crippen MR) is 191 cm³/mol. The largest absolute Gasteiger partial charge is 0.493 e. The number of ether oxygens (including phenoxy) is 3. The van der Waals surface area contributed by atoms with E-state index >= 15 is 0 Å². The quantitative estimate of drug-likeness (QED) is 0.0623. The number of amides is 2. The Balaban J connectivity index is 1.51. The van der Waals surface area contributed by atoms with E-state index in [-0.39, 0.29) is 25.4 Å². The Hall–Kier alpha value is -5.15. The molecule has 0 spiro atoms. The average molecular weight is 652 g/mol. The summed E-state index contributed by atoms with van der Waals surface area (Å²) in [6.07, 6.45) is 5.72. The molecule has 0 aliphatic carbocycles. The second-order valence-corrected chi connectivity index (χ2v) is 11.4. The molecule has 0 saturated carbocycles. The van der Waals surface area contributed by atoms with Crippen molar-refractivity contribution in [2.75, 3.05) is 26.9 Å². The van der Waals surface area contributed by atoms with Gasteiger partial charge in [0.05, 0.1) is 13.7 Å². The molecule has 4 aromatic carbocycles. The molecule has 9 heteroatoms. The summed E-state index contributed by atoms with van der Waals surface area (Å²) in [5.41, 5.74) is 7.48. The topological polar surface area (TPSA) is 129 Å². The van der Waals surface area contributed by atoms with Crippen LogP contribution in [0.15, 0.2) is 98.1 Å². The highest BCUT2D eigenvalue weighted by atomic mass is 16.5. The zero-order valence-corrected chi connectivity index (χ0v) is 27.5.